The van der Waals surface area contributed by atoms with Crippen LogP contribution in [0.15, 0.2) is 54.6 Å². The van der Waals surface area contributed by atoms with Gasteiger partial charge in [0.15, 0.2) is 5.72 Å². The molecule has 2 atom stereocenters. The standard InChI is InChI=1S/C22H27NO4/c1-4-14-22(23,5-2)27-20(24)16(3)18-12-9-13-19(15-18)26-21(25)17-10-7-6-8-11-17/h6-13,15-16H,4-5,14,23H2,1-3H3. The van der Waals surface area contributed by atoms with Crippen molar-refractivity contribution in [1.82, 2.24) is 0 Å². The molecule has 144 valence electrons. The van der Waals surface area contributed by atoms with Crippen molar-refractivity contribution in [1.29, 1.82) is 0 Å². The first-order valence-electron chi connectivity index (χ1n) is 9.27. The Labute approximate surface area is 160 Å². The Balaban J connectivity index is 2.09. The number of hydrogen-bond donors (Lipinski definition) is 1. The minimum atomic E-state index is -0.947. The molecule has 2 unspecified atom stereocenters. The van der Waals surface area contributed by atoms with E-state index in [0.717, 1.165) is 6.42 Å². The van der Waals surface area contributed by atoms with Crippen molar-refractivity contribution >= 4 is 11.9 Å². The summed E-state index contributed by atoms with van der Waals surface area (Å²) < 4.78 is 11.0. The van der Waals surface area contributed by atoms with E-state index >= 15 is 0 Å². The van der Waals surface area contributed by atoms with Gasteiger partial charge in [0, 0.05) is 6.42 Å². The number of ether oxygens (including phenoxy) is 2. The van der Waals surface area contributed by atoms with Crippen molar-refractivity contribution in [2.75, 3.05) is 0 Å². The topological polar surface area (TPSA) is 78.6 Å². The van der Waals surface area contributed by atoms with Crippen LogP contribution >= 0.6 is 0 Å². The van der Waals surface area contributed by atoms with Gasteiger partial charge in [0.2, 0.25) is 0 Å². The molecule has 0 aliphatic rings. The maximum Gasteiger partial charge on any atom is 0.343 e. The fourth-order valence-electron chi connectivity index (χ4n) is 2.74. The Morgan fingerprint density at radius 3 is 2.41 bits per heavy atom. The second-order valence-electron chi connectivity index (χ2n) is 6.64. The first-order chi connectivity index (χ1) is 12.9. The number of rotatable bonds is 8. The molecule has 2 aromatic rings. The lowest BCUT2D eigenvalue weighted by Crippen LogP contribution is -2.44. The molecule has 0 saturated carbocycles. The molecule has 5 heteroatoms. The highest BCUT2D eigenvalue weighted by molar-refractivity contribution is 5.91. The highest BCUT2D eigenvalue weighted by Gasteiger charge is 2.29. The normalized spacial score (nSPS) is 14.1. The Morgan fingerprint density at radius 1 is 1.07 bits per heavy atom. The van der Waals surface area contributed by atoms with Crippen LogP contribution < -0.4 is 10.5 Å². The fraction of sp³-hybridized carbons (Fsp3) is 0.364. The molecular weight excluding hydrogens is 342 g/mol. The SMILES string of the molecule is CCCC(N)(CC)OC(=O)C(C)c1cccc(OC(=O)c2ccccc2)c1. The van der Waals surface area contributed by atoms with E-state index in [4.69, 9.17) is 15.2 Å². The van der Waals surface area contributed by atoms with Crippen LogP contribution in [0, 0.1) is 0 Å². The Bertz CT molecular complexity index is 775. The van der Waals surface area contributed by atoms with Gasteiger partial charge in [-0.2, -0.15) is 0 Å². The van der Waals surface area contributed by atoms with Gasteiger partial charge in [0.25, 0.3) is 0 Å². The Kier molecular flexibility index (Phi) is 7.13. The van der Waals surface area contributed by atoms with Gasteiger partial charge in [-0.3, -0.25) is 10.5 Å². The maximum absolute atomic E-state index is 12.5. The molecular formula is C22H27NO4. The number of carbonyl (C=O) groups is 2. The van der Waals surface area contributed by atoms with Crippen molar-refractivity contribution < 1.29 is 19.1 Å². The molecule has 2 rings (SSSR count). The summed E-state index contributed by atoms with van der Waals surface area (Å²) in [5, 5.41) is 0. The summed E-state index contributed by atoms with van der Waals surface area (Å²) in [5.74, 6) is -0.979. The van der Waals surface area contributed by atoms with Crippen molar-refractivity contribution in [3.8, 4) is 5.75 Å². The van der Waals surface area contributed by atoms with Gasteiger partial charge in [-0.15, -0.1) is 0 Å². The third kappa shape index (κ3) is 5.66. The maximum atomic E-state index is 12.5. The summed E-state index contributed by atoms with van der Waals surface area (Å²) in [6.45, 7) is 5.65. The molecule has 2 aromatic carbocycles. The highest BCUT2D eigenvalue weighted by atomic mass is 16.6. The van der Waals surface area contributed by atoms with E-state index in [1.807, 2.05) is 19.9 Å². The van der Waals surface area contributed by atoms with Crippen molar-refractivity contribution in [3.05, 3.63) is 65.7 Å². The summed E-state index contributed by atoms with van der Waals surface area (Å²) in [6.07, 6.45) is 1.99. The summed E-state index contributed by atoms with van der Waals surface area (Å²) in [6, 6.07) is 15.6. The van der Waals surface area contributed by atoms with E-state index in [1.54, 1.807) is 55.5 Å². The monoisotopic (exact) mass is 369 g/mol. The molecule has 0 bridgehead atoms. The van der Waals surface area contributed by atoms with Gasteiger partial charge in [0.1, 0.15) is 5.75 Å². The molecule has 0 spiro atoms. The minimum absolute atomic E-state index is 0.379. The van der Waals surface area contributed by atoms with Crippen LogP contribution in [0.3, 0.4) is 0 Å². The summed E-state index contributed by atoms with van der Waals surface area (Å²) in [7, 11) is 0. The summed E-state index contributed by atoms with van der Waals surface area (Å²) >= 11 is 0. The molecule has 2 N–H and O–H groups in total. The average Bonchev–Trinajstić information content (AvgIpc) is 2.68. The molecule has 5 nitrogen and oxygen atoms in total. The molecule has 0 saturated heterocycles. The van der Waals surface area contributed by atoms with Crippen molar-refractivity contribution in [2.24, 2.45) is 5.73 Å². The second kappa shape index (κ2) is 9.33. The second-order valence-corrected chi connectivity index (χ2v) is 6.64. The molecule has 0 radical (unpaired) electrons. The number of hydrogen-bond acceptors (Lipinski definition) is 5. The van der Waals surface area contributed by atoms with Crippen molar-refractivity contribution in [3.63, 3.8) is 0 Å². The zero-order valence-electron chi connectivity index (χ0n) is 16.1. The van der Waals surface area contributed by atoms with Gasteiger partial charge in [0.05, 0.1) is 11.5 Å². The van der Waals surface area contributed by atoms with Crippen LogP contribution in [-0.2, 0) is 9.53 Å². The van der Waals surface area contributed by atoms with E-state index in [2.05, 4.69) is 0 Å². The van der Waals surface area contributed by atoms with Gasteiger partial charge in [-0.25, -0.2) is 4.79 Å². The van der Waals surface area contributed by atoms with Crippen LogP contribution in [0.4, 0.5) is 0 Å². The van der Waals surface area contributed by atoms with Crippen LogP contribution in [0.25, 0.3) is 0 Å². The number of benzene rings is 2. The fourth-order valence-corrected chi connectivity index (χ4v) is 2.74. The smallest absolute Gasteiger partial charge is 0.343 e. The van der Waals surface area contributed by atoms with Gasteiger partial charge < -0.3 is 9.47 Å². The predicted octanol–water partition coefficient (Wildman–Crippen LogP) is 4.42. The van der Waals surface area contributed by atoms with Gasteiger partial charge >= 0.3 is 11.9 Å². The van der Waals surface area contributed by atoms with Crippen LogP contribution in [-0.4, -0.2) is 17.7 Å². The molecule has 0 aromatic heterocycles. The first-order valence-corrected chi connectivity index (χ1v) is 9.27. The van der Waals surface area contributed by atoms with Gasteiger partial charge in [-0.1, -0.05) is 50.6 Å². The number of nitrogens with two attached hydrogens (primary N) is 1. The molecule has 27 heavy (non-hydrogen) atoms. The highest BCUT2D eigenvalue weighted by Crippen LogP contribution is 2.25. The third-order valence-corrected chi connectivity index (χ3v) is 4.51. The number of carbonyl (C=O) groups excluding carboxylic acids is 2. The largest absolute Gasteiger partial charge is 0.444 e. The lowest BCUT2D eigenvalue weighted by atomic mass is 10.00. The molecule has 0 amide bonds. The first kappa shape index (κ1) is 20.6. The zero-order chi connectivity index (χ0) is 19.9. The Hall–Kier alpha value is -2.66. The van der Waals surface area contributed by atoms with E-state index in [-0.39, 0.29) is 5.97 Å². The molecule has 0 aliphatic carbocycles. The molecule has 0 heterocycles. The van der Waals surface area contributed by atoms with E-state index in [9.17, 15) is 9.59 Å². The number of esters is 2. The van der Waals surface area contributed by atoms with Crippen molar-refractivity contribution in [2.45, 2.75) is 51.7 Å². The van der Waals surface area contributed by atoms with E-state index in [0.29, 0.717) is 29.7 Å². The quantitative estimate of drug-likeness (QED) is 0.423. The molecule has 0 aliphatic heterocycles. The van der Waals surface area contributed by atoms with E-state index < -0.39 is 17.6 Å². The lowest BCUT2D eigenvalue weighted by molar-refractivity contribution is -0.162. The zero-order valence-corrected chi connectivity index (χ0v) is 16.1. The molecule has 0 fully saturated rings. The van der Waals surface area contributed by atoms with Crippen LogP contribution in [0.1, 0.15) is 61.9 Å². The summed E-state index contributed by atoms with van der Waals surface area (Å²) in [4.78, 5) is 24.7. The average molecular weight is 369 g/mol. The minimum Gasteiger partial charge on any atom is -0.444 e. The van der Waals surface area contributed by atoms with E-state index in [1.165, 1.54) is 0 Å². The van der Waals surface area contributed by atoms with Crippen LogP contribution in [0.5, 0.6) is 5.75 Å². The Morgan fingerprint density at radius 2 is 1.78 bits per heavy atom. The summed E-state index contributed by atoms with van der Waals surface area (Å²) in [5.41, 5.74) is 6.39. The van der Waals surface area contributed by atoms with Gasteiger partial charge in [-0.05, 0) is 43.2 Å². The third-order valence-electron chi connectivity index (χ3n) is 4.51. The predicted molar refractivity (Wildman–Crippen MR) is 104 cm³/mol. The lowest BCUT2D eigenvalue weighted by Gasteiger charge is -2.29. The van der Waals surface area contributed by atoms with Crippen LogP contribution in [0.2, 0.25) is 0 Å².